The number of halogens is 1. The summed E-state index contributed by atoms with van der Waals surface area (Å²) in [6.07, 6.45) is 1.06. The third-order valence-corrected chi connectivity index (χ3v) is 3.94. The molecular weight excluding hydrogens is 298 g/mol. The van der Waals surface area contributed by atoms with E-state index in [4.69, 9.17) is 16.3 Å². The van der Waals surface area contributed by atoms with Gasteiger partial charge in [0.1, 0.15) is 5.75 Å². The molecule has 1 atom stereocenters. The minimum Gasteiger partial charge on any atom is -0.497 e. The van der Waals surface area contributed by atoms with Crippen LogP contribution in [0, 0.1) is 0 Å². The van der Waals surface area contributed by atoms with Crippen LogP contribution >= 0.6 is 11.6 Å². The molecule has 2 aromatic rings. The Labute approximate surface area is 136 Å². The molecule has 22 heavy (non-hydrogen) atoms. The third-order valence-electron chi connectivity index (χ3n) is 3.57. The van der Waals surface area contributed by atoms with Crippen molar-refractivity contribution in [3.63, 3.8) is 0 Å². The SMILES string of the molecule is COc1ccc([C@@H](C)NC(=O)CCc2ccccc2Cl)cc1. The minimum absolute atomic E-state index is 0.0169. The summed E-state index contributed by atoms with van der Waals surface area (Å²) in [6, 6.07) is 15.3. The first-order valence-electron chi connectivity index (χ1n) is 7.27. The van der Waals surface area contributed by atoms with E-state index < -0.39 is 0 Å². The molecule has 0 aromatic heterocycles. The van der Waals surface area contributed by atoms with Gasteiger partial charge in [-0.3, -0.25) is 4.79 Å². The lowest BCUT2D eigenvalue weighted by atomic mass is 10.1. The van der Waals surface area contributed by atoms with Crippen molar-refractivity contribution < 1.29 is 9.53 Å². The summed E-state index contributed by atoms with van der Waals surface area (Å²) < 4.78 is 5.13. The zero-order chi connectivity index (χ0) is 15.9. The van der Waals surface area contributed by atoms with Crippen LogP contribution in [0.5, 0.6) is 5.75 Å². The van der Waals surface area contributed by atoms with E-state index in [-0.39, 0.29) is 11.9 Å². The summed E-state index contributed by atoms with van der Waals surface area (Å²) in [5, 5.41) is 3.71. The Morgan fingerprint density at radius 2 is 1.86 bits per heavy atom. The lowest BCUT2D eigenvalue weighted by Crippen LogP contribution is -2.26. The average Bonchev–Trinajstić information content (AvgIpc) is 2.54. The monoisotopic (exact) mass is 317 g/mol. The van der Waals surface area contributed by atoms with Gasteiger partial charge in [0, 0.05) is 11.4 Å². The van der Waals surface area contributed by atoms with Crippen LogP contribution in [0.2, 0.25) is 5.02 Å². The Hall–Kier alpha value is -2.00. The highest BCUT2D eigenvalue weighted by molar-refractivity contribution is 6.31. The number of hydrogen-bond donors (Lipinski definition) is 1. The molecule has 0 radical (unpaired) electrons. The van der Waals surface area contributed by atoms with Gasteiger partial charge in [-0.1, -0.05) is 41.9 Å². The highest BCUT2D eigenvalue weighted by Crippen LogP contribution is 2.19. The second kappa shape index (κ2) is 7.85. The highest BCUT2D eigenvalue weighted by Gasteiger charge is 2.10. The maximum Gasteiger partial charge on any atom is 0.220 e. The fraction of sp³-hybridized carbons (Fsp3) is 0.278. The maximum atomic E-state index is 12.1. The first-order chi connectivity index (χ1) is 10.6. The van der Waals surface area contributed by atoms with Gasteiger partial charge in [0.2, 0.25) is 5.91 Å². The van der Waals surface area contributed by atoms with Gasteiger partial charge < -0.3 is 10.1 Å². The van der Waals surface area contributed by atoms with Gasteiger partial charge in [-0.15, -0.1) is 0 Å². The molecule has 116 valence electrons. The molecule has 0 heterocycles. The van der Waals surface area contributed by atoms with Crippen LogP contribution in [0.1, 0.15) is 30.5 Å². The van der Waals surface area contributed by atoms with Crippen LogP contribution in [-0.4, -0.2) is 13.0 Å². The molecule has 0 fully saturated rings. The normalized spacial score (nSPS) is 11.8. The molecule has 0 spiro atoms. The Morgan fingerprint density at radius 1 is 1.18 bits per heavy atom. The van der Waals surface area contributed by atoms with Gasteiger partial charge in [0.15, 0.2) is 0 Å². The van der Waals surface area contributed by atoms with Crippen molar-refractivity contribution in [1.29, 1.82) is 0 Å². The summed E-state index contributed by atoms with van der Waals surface area (Å²) >= 11 is 6.09. The number of carbonyl (C=O) groups is 1. The van der Waals surface area contributed by atoms with Crippen LogP contribution < -0.4 is 10.1 Å². The zero-order valence-electron chi connectivity index (χ0n) is 12.8. The van der Waals surface area contributed by atoms with E-state index in [2.05, 4.69) is 5.32 Å². The number of ether oxygens (including phenoxy) is 1. The number of rotatable bonds is 6. The van der Waals surface area contributed by atoms with Gasteiger partial charge >= 0.3 is 0 Å². The fourth-order valence-electron chi connectivity index (χ4n) is 2.24. The first-order valence-corrected chi connectivity index (χ1v) is 7.64. The average molecular weight is 318 g/mol. The Balaban J connectivity index is 1.87. The molecule has 3 nitrogen and oxygen atoms in total. The van der Waals surface area contributed by atoms with Crippen molar-refractivity contribution in [2.75, 3.05) is 7.11 Å². The molecule has 0 aliphatic carbocycles. The third kappa shape index (κ3) is 4.50. The maximum absolute atomic E-state index is 12.1. The summed E-state index contributed by atoms with van der Waals surface area (Å²) in [7, 11) is 1.63. The van der Waals surface area contributed by atoms with Gasteiger partial charge in [-0.2, -0.15) is 0 Å². The van der Waals surface area contributed by atoms with Crippen molar-refractivity contribution in [2.45, 2.75) is 25.8 Å². The molecule has 4 heteroatoms. The predicted octanol–water partition coefficient (Wildman–Crippen LogP) is 4.16. The van der Waals surface area contributed by atoms with Crippen molar-refractivity contribution in [3.05, 3.63) is 64.7 Å². The van der Waals surface area contributed by atoms with E-state index in [0.29, 0.717) is 17.9 Å². The van der Waals surface area contributed by atoms with Crippen molar-refractivity contribution >= 4 is 17.5 Å². The molecule has 1 N–H and O–H groups in total. The topological polar surface area (TPSA) is 38.3 Å². The fourth-order valence-corrected chi connectivity index (χ4v) is 2.47. The predicted molar refractivity (Wildman–Crippen MR) is 89.3 cm³/mol. The van der Waals surface area contributed by atoms with Gasteiger partial charge in [0.05, 0.1) is 13.2 Å². The minimum atomic E-state index is -0.0374. The van der Waals surface area contributed by atoms with E-state index in [9.17, 15) is 4.79 Å². The number of carbonyl (C=O) groups excluding carboxylic acids is 1. The quantitative estimate of drug-likeness (QED) is 0.868. The lowest BCUT2D eigenvalue weighted by molar-refractivity contribution is -0.121. The van der Waals surface area contributed by atoms with Crippen LogP contribution in [0.25, 0.3) is 0 Å². The standard InChI is InChI=1S/C18H20ClNO2/c1-13(14-7-10-16(22-2)11-8-14)20-18(21)12-9-15-5-3-4-6-17(15)19/h3-8,10-11,13H,9,12H2,1-2H3,(H,20,21)/t13-/m1/s1. The largest absolute Gasteiger partial charge is 0.497 e. The molecular formula is C18H20ClNO2. The molecule has 0 aliphatic rings. The summed E-state index contributed by atoms with van der Waals surface area (Å²) in [4.78, 5) is 12.1. The Morgan fingerprint density at radius 3 is 2.50 bits per heavy atom. The molecule has 2 aromatic carbocycles. The van der Waals surface area contributed by atoms with Gasteiger partial charge in [-0.05, 0) is 42.7 Å². The first kappa shape index (κ1) is 16.4. The van der Waals surface area contributed by atoms with Crippen LogP contribution in [0.15, 0.2) is 48.5 Å². The number of hydrogen-bond acceptors (Lipinski definition) is 2. The number of amides is 1. The molecule has 0 unspecified atom stereocenters. The van der Waals surface area contributed by atoms with E-state index in [0.717, 1.165) is 16.9 Å². The van der Waals surface area contributed by atoms with E-state index in [1.165, 1.54) is 0 Å². The molecule has 0 saturated heterocycles. The van der Waals surface area contributed by atoms with Crippen molar-refractivity contribution in [2.24, 2.45) is 0 Å². The van der Waals surface area contributed by atoms with Crippen molar-refractivity contribution in [3.8, 4) is 5.75 Å². The van der Waals surface area contributed by atoms with Crippen LogP contribution in [0.3, 0.4) is 0 Å². The molecule has 0 bridgehead atoms. The van der Waals surface area contributed by atoms with Gasteiger partial charge in [0.25, 0.3) is 0 Å². The number of benzene rings is 2. The highest BCUT2D eigenvalue weighted by atomic mass is 35.5. The molecule has 2 rings (SSSR count). The summed E-state index contributed by atoms with van der Waals surface area (Å²) in [6.45, 7) is 1.97. The smallest absolute Gasteiger partial charge is 0.220 e. The van der Waals surface area contributed by atoms with Gasteiger partial charge in [-0.25, -0.2) is 0 Å². The van der Waals surface area contributed by atoms with E-state index >= 15 is 0 Å². The van der Waals surface area contributed by atoms with Crippen LogP contribution in [-0.2, 0) is 11.2 Å². The second-order valence-electron chi connectivity index (χ2n) is 5.15. The molecule has 0 saturated carbocycles. The van der Waals surface area contributed by atoms with Crippen LogP contribution in [0.4, 0.5) is 0 Å². The van der Waals surface area contributed by atoms with Crippen molar-refractivity contribution in [1.82, 2.24) is 5.32 Å². The summed E-state index contributed by atoms with van der Waals surface area (Å²) in [5.41, 5.74) is 2.04. The molecule has 1 amide bonds. The number of methoxy groups -OCH3 is 1. The second-order valence-corrected chi connectivity index (χ2v) is 5.56. The zero-order valence-corrected chi connectivity index (χ0v) is 13.6. The Bertz CT molecular complexity index is 625. The Kier molecular flexibility index (Phi) is 5.84. The lowest BCUT2D eigenvalue weighted by Gasteiger charge is -2.15. The van der Waals surface area contributed by atoms with E-state index in [1.54, 1.807) is 7.11 Å². The number of nitrogens with one attached hydrogen (secondary N) is 1. The summed E-state index contributed by atoms with van der Waals surface area (Å²) in [5.74, 6) is 0.823. The van der Waals surface area contributed by atoms with E-state index in [1.807, 2.05) is 55.5 Å². The number of aryl methyl sites for hydroxylation is 1. The molecule has 0 aliphatic heterocycles.